The molecule has 0 aromatic heterocycles. The Hall–Kier alpha value is -1.55. The van der Waals surface area contributed by atoms with E-state index in [1.165, 1.54) is 25.7 Å². The maximum absolute atomic E-state index is 10.8. The van der Waals surface area contributed by atoms with Crippen molar-refractivity contribution < 1.29 is 14.6 Å². The molecule has 0 fully saturated rings. The smallest absolute Gasteiger partial charge is 0.229 e. The van der Waals surface area contributed by atoms with Crippen molar-refractivity contribution in [3.05, 3.63) is 12.7 Å². The Morgan fingerprint density at radius 2 is 2.00 bits per heavy atom. The van der Waals surface area contributed by atoms with Crippen molar-refractivity contribution in [3.63, 3.8) is 0 Å². The normalized spacial score (nSPS) is 12.3. The van der Waals surface area contributed by atoms with Gasteiger partial charge in [0.15, 0.2) is 0 Å². The molecule has 0 saturated heterocycles. The van der Waals surface area contributed by atoms with E-state index in [2.05, 4.69) is 37.2 Å². The lowest BCUT2D eigenvalue weighted by atomic mass is 10.0. The summed E-state index contributed by atoms with van der Waals surface area (Å²) in [5, 5.41) is 10.0. The van der Waals surface area contributed by atoms with Crippen molar-refractivity contribution >= 4 is 5.78 Å². The number of ether oxygens (including phenoxy) is 1. The molecule has 1 N–H and O–H groups in total. The first kappa shape index (κ1) is 19.4. The standard InChI is InChI=1S/C18H26O3/c1-4-6-7-8-12-15-18(21-3)17(20)14-11-9-10-13-16(19)5-2/h5,17-18,20H,2,4,6-8,12,14-15H2,1,3H3. The number of methoxy groups -OCH3 is 1. The summed E-state index contributed by atoms with van der Waals surface area (Å²) < 4.78 is 5.31. The monoisotopic (exact) mass is 290 g/mol. The highest BCUT2D eigenvalue weighted by atomic mass is 16.5. The second-order valence-corrected chi connectivity index (χ2v) is 4.87. The van der Waals surface area contributed by atoms with Crippen molar-refractivity contribution in [2.45, 2.75) is 64.1 Å². The highest BCUT2D eigenvalue weighted by Gasteiger charge is 2.16. The van der Waals surface area contributed by atoms with Crippen LogP contribution in [0.3, 0.4) is 0 Å². The van der Waals surface area contributed by atoms with E-state index in [0.29, 0.717) is 6.42 Å². The van der Waals surface area contributed by atoms with E-state index < -0.39 is 6.10 Å². The second kappa shape index (κ2) is 13.4. The number of aliphatic hydroxyl groups excluding tert-OH is 1. The molecule has 0 bridgehead atoms. The van der Waals surface area contributed by atoms with Gasteiger partial charge in [0.05, 0.1) is 12.2 Å². The van der Waals surface area contributed by atoms with Crippen LogP contribution in [-0.2, 0) is 9.53 Å². The molecule has 2 atom stereocenters. The molecule has 0 radical (unpaired) electrons. The van der Waals surface area contributed by atoms with Crippen molar-refractivity contribution in [2.75, 3.05) is 7.11 Å². The Balaban J connectivity index is 4.06. The Labute approximate surface area is 128 Å². The largest absolute Gasteiger partial charge is 0.389 e. The van der Waals surface area contributed by atoms with Crippen molar-refractivity contribution in [3.8, 4) is 23.7 Å². The third kappa shape index (κ3) is 10.9. The third-order valence-electron chi connectivity index (χ3n) is 3.16. The zero-order valence-corrected chi connectivity index (χ0v) is 13.2. The van der Waals surface area contributed by atoms with Crippen LogP contribution < -0.4 is 0 Å². The molecule has 0 aliphatic rings. The molecular formula is C18H26O3. The van der Waals surface area contributed by atoms with Gasteiger partial charge in [0.25, 0.3) is 0 Å². The first-order chi connectivity index (χ1) is 10.2. The van der Waals surface area contributed by atoms with Gasteiger partial charge < -0.3 is 9.84 Å². The molecule has 0 aromatic carbocycles. The number of hydrogen-bond donors (Lipinski definition) is 1. The van der Waals surface area contributed by atoms with Gasteiger partial charge in [-0.1, -0.05) is 51.5 Å². The van der Waals surface area contributed by atoms with E-state index in [9.17, 15) is 9.90 Å². The van der Waals surface area contributed by atoms with E-state index >= 15 is 0 Å². The summed E-state index contributed by atoms with van der Waals surface area (Å²) in [7, 11) is 1.61. The number of rotatable bonds is 10. The first-order valence-corrected chi connectivity index (χ1v) is 7.51. The van der Waals surface area contributed by atoms with Crippen LogP contribution in [0.4, 0.5) is 0 Å². The van der Waals surface area contributed by atoms with Crippen LogP contribution >= 0.6 is 0 Å². The molecule has 0 aliphatic carbocycles. The number of aliphatic hydroxyl groups is 1. The fourth-order valence-electron chi connectivity index (χ4n) is 1.89. The van der Waals surface area contributed by atoms with E-state index in [-0.39, 0.29) is 11.9 Å². The van der Waals surface area contributed by atoms with Crippen molar-refractivity contribution in [1.82, 2.24) is 0 Å². The fourth-order valence-corrected chi connectivity index (χ4v) is 1.89. The Morgan fingerprint density at radius 1 is 1.29 bits per heavy atom. The van der Waals surface area contributed by atoms with Crippen LogP contribution in [0.5, 0.6) is 0 Å². The number of unbranched alkanes of at least 4 members (excludes halogenated alkanes) is 4. The third-order valence-corrected chi connectivity index (χ3v) is 3.16. The zero-order chi connectivity index (χ0) is 15.9. The molecule has 0 spiro atoms. The molecule has 0 aliphatic heterocycles. The van der Waals surface area contributed by atoms with E-state index in [0.717, 1.165) is 18.9 Å². The Kier molecular flexibility index (Phi) is 12.4. The molecule has 116 valence electrons. The lowest BCUT2D eigenvalue weighted by Gasteiger charge is -2.19. The van der Waals surface area contributed by atoms with Crippen LogP contribution in [0.1, 0.15) is 51.9 Å². The summed E-state index contributed by atoms with van der Waals surface area (Å²) in [6.07, 6.45) is 7.40. The van der Waals surface area contributed by atoms with Gasteiger partial charge in [0.1, 0.15) is 0 Å². The van der Waals surface area contributed by atoms with Crippen LogP contribution in [0.15, 0.2) is 12.7 Å². The number of hydrogen-bond acceptors (Lipinski definition) is 3. The van der Waals surface area contributed by atoms with Crippen LogP contribution in [-0.4, -0.2) is 30.2 Å². The van der Waals surface area contributed by atoms with Gasteiger partial charge in [0.2, 0.25) is 5.78 Å². The van der Waals surface area contributed by atoms with E-state index in [4.69, 9.17) is 4.74 Å². The summed E-state index contributed by atoms with van der Waals surface area (Å²) in [5.74, 6) is 9.68. The van der Waals surface area contributed by atoms with E-state index in [1.54, 1.807) is 7.11 Å². The second-order valence-electron chi connectivity index (χ2n) is 4.87. The van der Waals surface area contributed by atoms with Gasteiger partial charge in [-0.2, -0.15) is 0 Å². The van der Waals surface area contributed by atoms with Crippen LogP contribution in [0, 0.1) is 23.7 Å². The summed E-state index contributed by atoms with van der Waals surface area (Å²) in [6.45, 7) is 5.50. The molecule has 0 heterocycles. The lowest BCUT2D eigenvalue weighted by molar-refractivity contribution is -0.109. The van der Waals surface area contributed by atoms with Crippen LogP contribution in [0.25, 0.3) is 0 Å². The average molecular weight is 290 g/mol. The molecule has 2 unspecified atom stereocenters. The van der Waals surface area contributed by atoms with Crippen molar-refractivity contribution in [2.24, 2.45) is 0 Å². The molecular weight excluding hydrogens is 264 g/mol. The SMILES string of the molecule is C=CC(=O)C#CC#CCC(O)C(CCCCCCC)OC. The molecule has 21 heavy (non-hydrogen) atoms. The molecule has 0 saturated carbocycles. The van der Waals surface area contributed by atoms with Gasteiger partial charge in [-0.25, -0.2) is 0 Å². The quantitative estimate of drug-likeness (QED) is 0.291. The molecule has 3 heteroatoms. The fraction of sp³-hybridized carbons (Fsp3) is 0.611. The minimum atomic E-state index is -0.620. The molecule has 3 nitrogen and oxygen atoms in total. The predicted octanol–water partition coefficient (Wildman–Crippen LogP) is 2.87. The highest BCUT2D eigenvalue weighted by Crippen LogP contribution is 2.13. The summed E-state index contributed by atoms with van der Waals surface area (Å²) in [5.41, 5.74) is 0. The summed E-state index contributed by atoms with van der Waals surface area (Å²) in [6, 6.07) is 0. The minimum Gasteiger partial charge on any atom is -0.389 e. The Bertz CT molecular complexity index is 417. The van der Waals surface area contributed by atoms with Gasteiger partial charge in [-0.05, 0) is 30.3 Å². The molecule has 0 aromatic rings. The number of allylic oxidation sites excluding steroid dienone is 1. The maximum atomic E-state index is 10.8. The van der Waals surface area contributed by atoms with Gasteiger partial charge in [-0.15, -0.1) is 0 Å². The number of ketones is 1. The van der Waals surface area contributed by atoms with E-state index in [1.807, 2.05) is 0 Å². The van der Waals surface area contributed by atoms with Gasteiger partial charge in [0, 0.05) is 13.5 Å². The average Bonchev–Trinajstić information content (AvgIpc) is 2.50. The molecule has 0 rings (SSSR count). The predicted molar refractivity (Wildman–Crippen MR) is 85.6 cm³/mol. The number of carbonyl (C=O) groups is 1. The number of carbonyl (C=O) groups excluding carboxylic acids is 1. The minimum absolute atomic E-state index is 0.191. The van der Waals surface area contributed by atoms with Crippen molar-refractivity contribution in [1.29, 1.82) is 0 Å². The summed E-state index contributed by atoms with van der Waals surface area (Å²) in [4.78, 5) is 10.8. The Morgan fingerprint density at radius 3 is 2.62 bits per heavy atom. The van der Waals surface area contributed by atoms with Gasteiger partial charge in [-0.3, -0.25) is 4.79 Å². The first-order valence-electron chi connectivity index (χ1n) is 7.51. The zero-order valence-electron chi connectivity index (χ0n) is 13.2. The lowest BCUT2D eigenvalue weighted by Crippen LogP contribution is -2.27. The highest BCUT2D eigenvalue weighted by molar-refractivity contribution is 6.04. The molecule has 0 amide bonds. The topological polar surface area (TPSA) is 46.5 Å². The maximum Gasteiger partial charge on any atom is 0.229 e. The van der Waals surface area contributed by atoms with Gasteiger partial charge >= 0.3 is 0 Å². The summed E-state index contributed by atoms with van der Waals surface area (Å²) >= 11 is 0. The van der Waals surface area contributed by atoms with Crippen LogP contribution in [0.2, 0.25) is 0 Å².